The van der Waals surface area contributed by atoms with E-state index in [-0.39, 0.29) is 5.41 Å². The SMILES string of the molecule is CC1(C)c2cc(N(c3ccccc3)c3cccc4c3oc3ccccc34)ccc2-c2c1ccc1ccccc21. The molecule has 0 radical (unpaired) electrons. The number of para-hydroxylation sites is 3. The van der Waals surface area contributed by atoms with E-state index in [4.69, 9.17) is 4.42 Å². The van der Waals surface area contributed by atoms with Gasteiger partial charge in [-0.2, -0.15) is 0 Å². The lowest BCUT2D eigenvalue weighted by molar-refractivity contribution is 0.660. The molecule has 39 heavy (non-hydrogen) atoms. The van der Waals surface area contributed by atoms with E-state index < -0.39 is 0 Å². The van der Waals surface area contributed by atoms with Gasteiger partial charge in [-0.3, -0.25) is 0 Å². The third-order valence-electron chi connectivity index (χ3n) is 8.45. The molecule has 0 saturated carbocycles. The van der Waals surface area contributed by atoms with Crippen LogP contribution in [-0.4, -0.2) is 0 Å². The molecule has 0 amide bonds. The molecule has 8 rings (SSSR count). The number of hydrogen-bond donors (Lipinski definition) is 0. The molecule has 0 spiro atoms. The van der Waals surface area contributed by atoms with Gasteiger partial charge in [-0.1, -0.05) is 105 Å². The summed E-state index contributed by atoms with van der Waals surface area (Å²) in [4.78, 5) is 2.34. The fourth-order valence-corrected chi connectivity index (χ4v) is 6.55. The average molecular weight is 502 g/mol. The maximum absolute atomic E-state index is 6.50. The summed E-state index contributed by atoms with van der Waals surface area (Å²) in [6, 6.07) is 45.6. The smallest absolute Gasteiger partial charge is 0.159 e. The summed E-state index contributed by atoms with van der Waals surface area (Å²) in [6.45, 7) is 4.70. The minimum Gasteiger partial charge on any atom is -0.454 e. The first-order valence-corrected chi connectivity index (χ1v) is 13.5. The number of furan rings is 1. The van der Waals surface area contributed by atoms with Crippen LogP contribution < -0.4 is 4.90 Å². The lowest BCUT2D eigenvalue weighted by Gasteiger charge is -2.28. The van der Waals surface area contributed by atoms with Crippen LogP contribution in [0.5, 0.6) is 0 Å². The Morgan fingerprint density at radius 1 is 0.564 bits per heavy atom. The summed E-state index contributed by atoms with van der Waals surface area (Å²) in [6.07, 6.45) is 0. The molecule has 0 N–H and O–H groups in total. The van der Waals surface area contributed by atoms with Crippen LogP contribution in [0.4, 0.5) is 17.1 Å². The Balaban J connectivity index is 1.38. The molecule has 6 aromatic carbocycles. The molecule has 2 nitrogen and oxygen atoms in total. The third kappa shape index (κ3) is 3.15. The molecule has 1 aliphatic carbocycles. The van der Waals surface area contributed by atoms with Crippen LogP contribution in [0.25, 0.3) is 43.8 Å². The van der Waals surface area contributed by atoms with E-state index in [0.717, 1.165) is 39.0 Å². The van der Waals surface area contributed by atoms with E-state index in [0.29, 0.717) is 0 Å². The number of hydrogen-bond acceptors (Lipinski definition) is 2. The van der Waals surface area contributed by atoms with Crippen LogP contribution in [0.15, 0.2) is 132 Å². The van der Waals surface area contributed by atoms with Gasteiger partial charge in [0.1, 0.15) is 5.58 Å². The Morgan fingerprint density at radius 3 is 2.18 bits per heavy atom. The molecule has 186 valence electrons. The first-order chi connectivity index (χ1) is 19.1. The number of rotatable bonds is 3. The molecule has 1 heterocycles. The van der Waals surface area contributed by atoms with Gasteiger partial charge in [0.2, 0.25) is 0 Å². The highest BCUT2D eigenvalue weighted by Crippen LogP contribution is 2.53. The number of fused-ring (bicyclic) bond motifs is 8. The van der Waals surface area contributed by atoms with Gasteiger partial charge >= 0.3 is 0 Å². The van der Waals surface area contributed by atoms with Crippen molar-refractivity contribution in [2.45, 2.75) is 19.3 Å². The second kappa shape index (κ2) is 8.09. The van der Waals surface area contributed by atoms with Crippen molar-refractivity contribution >= 4 is 49.8 Å². The van der Waals surface area contributed by atoms with E-state index in [9.17, 15) is 0 Å². The molecular weight excluding hydrogens is 474 g/mol. The topological polar surface area (TPSA) is 16.4 Å². The highest BCUT2D eigenvalue weighted by Gasteiger charge is 2.37. The maximum Gasteiger partial charge on any atom is 0.159 e. The molecular formula is C37H27NO. The fraction of sp³-hybridized carbons (Fsp3) is 0.0811. The van der Waals surface area contributed by atoms with E-state index in [1.165, 1.54) is 33.0 Å². The van der Waals surface area contributed by atoms with Crippen molar-refractivity contribution in [3.63, 3.8) is 0 Å². The lowest BCUT2D eigenvalue weighted by atomic mass is 9.82. The van der Waals surface area contributed by atoms with Crippen molar-refractivity contribution in [3.8, 4) is 11.1 Å². The lowest BCUT2D eigenvalue weighted by Crippen LogP contribution is -2.16. The van der Waals surface area contributed by atoms with E-state index in [2.05, 4.69) is 134 Å². The third-order valence-corrected chi connectivity index (χ3v) is 8.45. The van der Waals surface area contributed by atoms with Crippen molar-refractivity contribution in [2.75, 3.05) is 4.90 Å². The second-order valence-corrected chi connectivity index (χ2v) is 11.0. The zero-order valence-corrected chi connectivity index (χ0v) is 22.0. The first kappa shape index (κ1) is 22.2. The van der Waals surface area contributed by atoms with Gasteiger partial charge in [-0.15, -0.1) is 0 Å². The summed E-state index contributed by atoms with van der Waals surface area (Å²) in [5, 5.41) is 4.87. The van der Waals surface area contributed by atoms with E-state index in [1.807, 2.05) is 12.1 Å². The van der Waals surface area contributed by atoms with Crippen LogP contribution in [-0.2, 0) is 5.41 Å². The van der Waals surface area contributed by atoms with Gasteiger partial charge in [0.05, 0.1) is 5.69 Å². The Kier molecular flexibility index (Phi) is 4.60. The molecule has 2 heteroatoms. The average Bonchev–Trinajstić information content (AvgIpc) is 3.47. The minimum atomic E-state index is -0.113. The van der Waals surface area contributed by atoms with Crippen molar-refractivity contribution in [1.82, 2.24) is 0 Å². The maximum atomic E-state index is 6.50. The van der Waals surface area contributed by atoms with Crippen LogP contribution >= 0.6 is 0 Å². The summed E-state index contributed by atoms with van der Waals surface area (Å²) in [5.74, 6) is 0. The second-order valence-electron chi connectivity index (χ2n) is 11.0. The molecule has 0 bridgehead atoms. The van der Waals surface area contributed by atoms with Gasteiger partial charge in [-0.05, 0) is 69.4 Å². The van der Waals surface area contributed by atoms with Crippen LogP contribution in [0, 0.1) is 0 Å². The summed E-state index contributed by atoms with van der Waals surface area (Å²) >= 11 is 0. The van der Waals surface area contributed by atoms with Crippen LogP contribution in [0.1, 0.15) is 25.0 Å². The van der Waals surface area contributed by atoms with Gasteiger partial charge in [0.15, 0.2) is 5.58 Å². The van der Waals surface area contributed by atoms with Crippen molar-refractivity contribution in [3.05, 3.63) is 139 Å². The zero-order valence-electron chi connectivity index (χ0n) is 22.0. The summed E-state index contributed by atoms with van der Waals surface area (Å²) in [5.41, 5.74) is 10.4. The van der Waals surface area contributed by atoms with Gasteiger partial charge in [0.25, 0.3) is 0 Å². The van der Waals surface area contributed by atoms with Gasteiger partial charge in [0, 0.05) is 27.6 Å². The van der Waals surface area contributed by atoms with Crippen molar-refractivity contribution in [1.29, 1.82) is 0 Å². The Bertz CT molecular complexity index is 2050. The molecule has 0 fully saturated rings. The number of anilines is 3. The molecule has 0 saturated heterocycles. The summed E-state index contributed by atoms with van der Waals surface area (Å²) in [7, 11) is 0. The molecule has 1 aromatic heterocycles. The van der Waals surface area contributed by atoms with E-state index in [1.54, 1.807) is 0 Å². The highest BCUT2D eigenvalue weighted by atomic mass is 16.3. The molecule has 0 unspecified atom stereocenters. The van der Waals surface area contributed by atoms with Crippen LogP contribution in [0.3, 0.4) is 0 Å². The first-order valence-electron chi connectivity index (χ1n) is 13.5. The normalized spacial score (nSPS) is 13.6. The van der Waals surface area contributed by atoms with Crippen LogP contribution in [0.2, 0.25) is 0 Å². The Morgan fingerprint density at radius 2 is 1.31 bits per heavy atom. The highest BCUT2D eigenvalue weighted by molar-refractivity contribution is 6.10. The zero-order chi connectivity index (χ0) is 26.1. The largest absolute Gasteiger partial charge is 0.454 e. The molecule has 0 aliphatic heterocycles. The predicted molar refractivity (Wildman–Crippen MR) is 163 cm³/mol. The molecule has 7 aromatic rings. The number of benzene rings is 6. The quantitative estimate of drug-likeness (QED) is 0.239. The van der Waals surface area contributed by atoms with Gasteiger partial charge in [-0.25, -0.2) is 0 Å². The van der Waals surface area contributed by atoms with Crippen molar-refractivity contribution < 1.29 is 4.42 Å². The fourth-order valence-electron chi connectivity index (χ4n) is 6.55. The molecule has 1 aliphatic rings. The standard InChI is InChI=1S/C37H27NO/c1-37(2)31-22-19-24-11-6-7-14-27(24)35(31)30-21-20-26(23-32(30)37)38(25-12-4-3-5-13-25)33-17-10-16-29-28-15-8-9-18-34(28)39-36(29)33/h3-23H,1-2H3. The van der Waals surface area contributed by atoms with E-state index >= 15 is 0 Å². The summed E-state index contributed by atoms with van der Waals surface area (Å²) < 4.78 is 6.50. The molecule has 0 atom stereocenters. The predicted octanol–water partition coefficient (Wildman–Crippen LogP) is 10.5. The van der Waals surface area contributed by atoms with Crippen molar-refractivity contribution in [2.24, 2.45) is 0 Å². The Labute approximate surface area is 227 Å². The minimum absolute atomic E-state index is 0.113. The Hall–Kier alpha value is -4.82. The monoisotopic (exact) mass is 501 g/mol. The number of nitrogens with zero attached hydrogens (tertiary/aromatic N) is 1. The van der Waals surface area contributed by atoms with Gasteiger partial charge < -0.3 is 9.32 Å².